The first-order valence-corrected chi connectivity index (χ1v) is 12.1. The summed E-state index contributed by atoms with van der Waals surface area (Å²) >= 11 is 0. The Morgan fingerprint density at radius 3 is 2.37 bits per heavy atom. The van der Waals surface area contributed by atoms with Gasteiger partial charge in [0.2, 0.25) is 15.9 Å². The third-order valence-corrected chi connectivity index (χ3v) is 5.06. The van der Waals surface area contributed by atoms with Crippen LogP contribution < -0.4 is 14.2 Å². The maximum Gasteiger partial charge on any atom is 0.416 e. The fourth-order valence-corrected chi connectivity index (χ4v) is 3.44. The molecule has 0 aliphatic heterocycles. The molecule has 0 radical (unpaired) electrons. The van der Waals surface area contributed by atoms with Crippen LogP contribution in [0.4, 0.5) is 17.6 Å². The molecule has 186 valence electrons. The Morgan fingerprint density at radius 1 is 1.09 bits per heavy atom. The normalized spacial score (nSPS) is 11.7. The summed E-state index contributed by atoms with van der Waals surface area (Å²) in [4.78, 5) is 16.5. The number of carbonyl (C=O) groups is 1. The van der Waals surface area contributed by atoms with E-state index in [4.69, 9.17) is 9.47 Å². The predicted molar refractivity (Wildman–Crippen MR) is 119 cm³/mol. The van der Waals surface area contributed by atoms with Crippen LogP contribution in [0.3, 0.4) is 0 Å². The number of nitrogens with zero attached hydrogens (tertiary/aromatic N) is 1. The topological polar surface area (TPSA) is 94.6 Å². The number of alkyl halides is 3. The van der Waals surface area contributed by atoms with E-state index in [1.807, 2.05) is 6.92 Å². The van der Waals surface area contributed by atoms with Crippen molar-refractivity contribution in [3.63, 3.8) is 0 Å². The van der Waals surface area contributed by atoms with Crippen LogP contribution in [0, 0.1) is 5.82 Å². The summed E-state index contributed by atoms with van der Waals surface area (Å²) in [5, 5.41) is 0. The van der Waals surface area contributed by atoms with E-state index in [1.165, 1.54) is 6.20 Å². The van der Waals surface area contributed by atoms with Crippen molar-refractivity contribution in [1.29, 1.82) is 0 Å². The first-order valence-electron chi connectivity index (χ1n) is 10.2. The van der Waals surface area contributed by atoms with Gasteiger partial charge in [0.15, 0.2) is 0 Å². The largest absolute Gasteiger partial charge is 0.477 e. The van der Waals surface area contributed by atoms with Gasteiger partial charge in [-0.3, -0.25) is 4.79 Å². The minimum Gasteiger partial charge on any atom is -0.477 e. The smallest absolute Gasteiger partial charge is 0.416 e. The van der Waals surface area contributed by atoms with Gasteiger partial charge in [-0.2, -0.15) is 13.2 Å². The summed E-state index contributed by atoms with van der Waals surface area (Å²) in [6.45, 7) is 2.16. The average molecular weight is 512 g/mol. The van der Waals surface area contributed by atoms with Crippen molar-refractivity contribution in [2.45, 2.75) is 19.5 Å². The molecule has 1 aromatic heterocycles. The van der Waals surface area contributed by atoms with E-state index < -0.39 is 39.1 Å². The zero-order chi connectivity index (χ0) is 25.8. The molecule has 1 heterocycles. The molecule has 7 nitrogen and oxygen atoms in total. The van der Waals surface area contributed by atoms with E-state index in [0.717, 1.165) is 42.7 Å². The van der Waals surface area contributed by atoms with E-state index in [-0.39, 0.29) is 28.5 Å². The Bertz CT molecular complexity index is 1330. The standard InChI is InChI=1S/C23H20F4N2O5S/c1-3-11-33-22-16(5-4-10-28-22)17-12-18(21(30)29-35(2,31)32)19(24)13-20(17)34-15-8-6-14(7-9-15)23(25,26)27/h4-10,12-13H,3,11H2,1-2H3,(H,29,30). The first kappa shape index (κ1) is 25.9. The van der Waals surface area contributed by atoms with E-state index in [2.05, 4.69) is 4.98 Å². The average Bonchev–Trinajstić information content (AvgIpc) is 2.76. The molecule has 0 spiro atoms. The molecule has 0 saturated heterocycles. The van der Waals surface area contributed by atoms with Gasteiger partial charge in [-0.1, -0.05) is 6.92 Å². The van der Waals surface area contributed by atoms with Crippen LogP contribution in [0.5, 0.6) is 17.4 Å². The Labute approximate surface area is 198 Å². The number of sulfonamides is 1. The van der Waals surface area contributed by atoms with Crippen molar-refractivity contribution < 1.29 is 40.2 Å². The number of hydrogen-bond donors (Lipinski definition) is 1. The van der Waals surface area contributed by atoms with E-state index in [9.17, 15) is 30.8 Å². The van der Waals surface area contributed by atoms with Crippen molar-refractivity contribution in [1.82, 2.24) is 9.71 Å². The number of nitrogens with one attached hydrogen (secondary N) is 1. The number of halogens is 4. The lowest BCUT2D eigenvalue weighted by molar-refractivity contribution is -0.137. The molecule has 12 heteroatoms. The van der Waals surface area contributed by atoms with Gasteiger partial charge in [0, 0.05) is 23.4 Å². The number of rotatable bonds is 8. The fourth-order valence-electron chi connectivity index (χ4n) is 3.00. The summed E-state index contributed by atoms with van der Waals surface area (Å²) in [6.07, 6.45) is -1.71. The number of ether oxygens (including phenoxy) is 2. The molecule has 0 aliphatic rings. The number of hydrogen-bond acceptors (Lipinski definition) is 6. The summed E-state index contributed by atoms with van der Waals surface area (Å²) in [7, 11) is -3.99. The highest BCUT2D eigenvalue weighted by Crippen LogP contribution is 2.40. The molecule has 0 saturated carbocycles. The quantitative estimate of drug-likeness (QED) is 0.418. The Balaban J connectivity index is 2.13. The second kappa shape index (κ2) is 10.3. The zero-order valence-corrected chi connectivity index (χ0v) is 19.3. The van der Waals surface area contributed by atoms with Crippen molar-refractivity contribution in [2.75, 3.05) is 12.9 Å². The van der Waals surface area contributed by atoms with Crippen LogP contribution in [0.1, 0.15) is 29.3 Å². The molecular weight excluding hydrogens is 492 g/mol. The van der Waals surface area contributed by atoms with Crippen LogP contribution in [0.2, 0.25) is 0 Å². The van der Waals surface area contributed by atoms with E-state index in [1.54, 1.807) is 16.9 Å². The molecular formula is C23H20F4N2O5S. The zero-order valence-electron chi connectivity index (χ0n) is 18.5. The third kappa shape index (κ3) is 6.69. The molecule has 3 aromatic rings. The van der Waals surface area contributed by atoms with E-state index >= 15 is 0 Å². The summed E-state index contributed by atoms with van der Waals surface area (Å²) < 4.78 is 89.4. The van der Waals surface area contributed by atoms with Gasteiger partial charge >= 0.3 is 6.18 Å². The molecule has 0 unspecified atom stereocenters. The molecule has 1 N–H and O–H groups in total. The second-order valence-corrected chi connectivity index (χ2v) is 9.11. The number of benzene rings is 2. The van der Waals surface area contributed by atoms with Crippen molar-refractivity contribution in [3.05, 3.63) is 71.7 Å². The molecule has 0 aliphatic carbocycles. The fraction of sp³-hybridized carbons (Fsp3) is 0.217. The highest BCUT2D eigenvalue weighted by molar-refractivity contribution is 7.89. The van der Waals surface area contributed by atoms with Crippen molar-refractivity contribution >= 4 is 15.9 Å². The van der Waals surface area contributed by atoms with Crippen LogP contribution in [-0.4, -0.2) is 32.2 Å². The summed E-state index contributed by atoms with van der Waals surface area (Å²) in [5.74, 6) is -2.39. The number of carbonyl (C=O) groups excluding carboxylic acids is 1. The van der Waals surface area contributed by atoms with Crippen molar-refractivity contribution in [2.24, 2.45) is 0 Å². The van der Waals surface area contributed by atoms with Crippen LogP contribution in [0.25, 0.3) is 11.1 Å². The maximum absolute atomic E-state index is 14.9. The van der Waals surface area contributed by atoms with Crippen molar-refractivity contribution in [3.8, 4) is 28.5 Å². The number of pyridine rings is 1. The van der Waals surface area contributed by atoms with Crippen LogP contribution in [-0.2, 0) is 16.2 Å². The Morgan fingerprint density at radius 2 is 1.77 bits per heavy atom. The number of aromatic nitrogens is 1. The lowest BCUT2D eigenvalue weighted by Crippen LogP contribution is -2.30. The maximum atomic E-state index is 14.9. The van der Waals surface area contributed by atoms with Gasteiger partial charge in [0.05, 0.1) is 24.0 Å². The SMILES string of the molecule is CCCOc1ncccc1-c1cc(C(=O)NS(C)(=O)=O)c(F)cc1Oc1ccc(C(F)(F)F)cc1. The van der Waals surface area contributed by atoms with Gasteiger partial charge in [0.25, 0.3) is 5.91 Å². The summed E-state index contributed by atoms with van der Waals surface area (Å²) in [5.41, 5.74) is -1.11. The molecule has 0 atom stereocenters. The van der Waals surface area contributed by atoms with E-state index in [0.29, 0.717) is 13.0 Å². The lowest BCUT2D eigenvalue weighted by Gasteiger charge is -2.16. The van der Waals surface area contributed by atoms with Gasteiger partial charge < -0.3 is 9.47 Å². The second-order valence-electron chi connectivity index (χ2n) is 7.36. The minimum atomic E-state index is -4.55. The first-order chi connectivity index (χ1) is 16.4. The molecule has 35 heavy (non-hydrogen) atoms. The monoisotopic (exact) mass is 512 g/mol. The predicted octanol–water partition coefficient (Wildman–Crippen LogP) is 5.18. The van der Waals surface area contributed by atoms with Gasteiger partial charge in [-0.15, -0.1) is 0 Å². The highest BCUT2D eigenvalue weighted by atomic mass is 32.2. The molecule has 1 amide bonds. The van der Waals surface area contributed by atoms with Gasteiger partial charge in [0.1, 0.15) is 17.3 Å². The van der Waals surface area contributed by atoms with Gasteiger partial charge in [-0.25, -0.2) is 22.5 Å². The van der Waals surface area contributed by atoms with Crippen LogP contribution >= 0.6 is 0 Å². The highest BCUT2D eigenvalue weighted by Gasteiger charge is 2.30. The molecule has 2 aromatic carbocycles. The van der Waals surface area contributed by atoms with Crippen LogP contribution in [0.15, 0.2) is 54.7 Å². The molecule has 0 bridgehead atoms. The molecule has 0 fully saturated rings. The summed E-state index contributed by atoms with van der Waals surface area (Å²) in [6, 6.07) is 8.74. The third-order valence-electron chi connectivity index (χ3n) is 4.51. The molecule has 3 rings (SSSR count). The lowest BCUT2D eigenvalue weighted by atomic mass is 10.0. The Kier molecular flexibility index (Phi) is 7.64. The minimum absolute atomic E-state index is 0.0353. The Hall–Kier alpha value is -3.67. The number of amides is 1. The van der Waals surface area contributed by atoms with Gasteiger partial charge in [-0.05, 0) is 48.9 Å².